The first kappa shape index (κ1) is 25.5. The third-order valence-electron chi connectivity index (χ3n) is 5.27. The largest absolute Gasteiger partial charge is 0.374 e. The van der Waals surface area contributed by atoms with Crippen molar-refractivity contribution in [3.63, 3.8) is 0 Å². The highest BCUT2D eigenvalue weighted by molar-refractivity contribution is 4.79. The first-order chi connectivity index (χ1) is 12.8. The van der Waals surface area contributed by atoms with Gasteiger partial charge in [-0.3, -0.25) is 0 Å². The molecule has 0 aliphatic carbocycles. The second kappa shape index (κ2) is 22.5. The van der Waals surface area contributed by atoms with Gasteiger partial charge in [-0.2, -0.15) is 0 Å². The van der Waals surface area contributed by atoms with Gasteiger partial charge < -0.3 is 10.4 Å². The molecule has 2 N–H and O–H groups in total. The van der Waals surface area contributed by atoms with Crippen molar-refractivity contribution in [1.82, 2.24) is 5.32 Å². The van der Waals surface area contributed by atoms with Crippen molar-refractivity contribution < 1.29 is 5.11 Å². The fourth-order valence-corrected chi connectivity index (χ4v) is 3.37. The van der Waals surface area contributed by atoms with Crippen LogP contribution in [0.1, 0.15) is 136 Å². The minimum atomic E-state index is -0.387. The minimum Gasteiger partial charge on any atom is -0.374 e. The third-order valence-corrected chi connectivity index (χ3v) is 5.27. The molecule has 0 bridgehead atoms. The summed E-state index contributed by atoms with van der Waals surface area (Å²) in [4.78, 5) is 0. The highest BCUT2D eigenvalue weighted by atomic mass is 16.3. The topological polar surface area (TPSA) is 32.3 Å². The highest BCUT2D eigenvalue weighted by Crippen LogP contribution is 2.14. The number of rotatable bonds is 21. The fraction of sp³-hybridized carbons (Fsp3) is 0.917. The Morgan fingerprint density at radius 2 is 1.00 bits per heavy atom. The van der Waals surface area contributed by atoms with Crippen LogP contribution in [0.25, 0.3) is 0 Å². The summed E-state index contributed by atoms with van der Waals surface area (Å²) in [6.07, 6.45) is 29.8. The van der Waals surface area contributed by atoms with Gasteiger partial charge in [-0.05, 0) is 25.5 Å². The van der Waals surface area contributed by atoms with E-state index in [4.69, 9.17) is 0 Å². The predicted molar refractivity (Wildman–Crippen MR) is 117 cm³/mol. The van der Waals surface area contributed by atoms with Crippen molar-refractivity contribution in [1.29, 1.82) is 0 Å². The average Bonchev–Trinajstić information content (AvgIpc) is 2.66. The molecule has 0 amide bonds. The van der Waals surface area contributed by atoms with E-state index in [-0.39, 0.29) is 6.23 Å². The van der Waals surface area contributed by atoms with Crippen LogP contribution >= 0.6 is 0 Å². The Bertz CT molecular complexity index is 277. The Kier molecular flexibility index (Phi) is 22.1. The van der Waals surface area contributed by atoms with Crippen molar-refractivity contribution in [3.8, 4) is 0 Å². The lowest BCUT2D eigenvalue weighted by atomic mass is 10.0. The highest BCUT2D eigenvalue weighted by Gasteiger charge is 1.95. The summed E-state index contributed by atoms with van der Waals surface area (Å²) in [5.41, 5.74) is 0. The van der Waals surface area contributed by atoms with Crippen molar-refractivity contribution in [3.05, 3.63) is 12.3 Å². The molecule has 0 radical (unpaired) electrons. The monoisotopic (exact) mass is 367 g/mol. The molecule has 1 unspecified atom stereocenters. The molecular weight excluding hydrogens is 318 g/mol. The van der Waals surface area contributed by atoms with E-state index in [1.165, 1.54) is 109 Å². The van der Waals surface area contributed by atoms with Crippen molar-refractivity contribution >= 4 is 0 Å². The summed E-state index contributed by atoms with van der Waals surface area (Å²) in [7, 11) is 0. The number of hydrogen-bond donors (Lipinski definition) is 2. The van der Waals surface area contributed by atoms with Crippen molar-refractivity contribution in [2.75, 3.05) is 0 Å². The van der Waals surface area contributed by atoms with Gasteiger partial charge in [-0.1, -0.05) is 123 Å². The van der Waals surface area contributed by atoms with Crippen LogP contribution in [0, 0.1) is 0 Å². The lowest BCUT2D eigenvalue weighted by Gasteiger charge is -2.06. The van der Waals surface area contributed by atoms with Gasteiger partial charge >= 0.3 is 0 Å². The maximum absolute atomic E-state index is 9.35. The summed E-state index contributed by atoms with van der Waals surface area (Å²) in [6, 6.07) is 0. The van der Waals surface area contributed by atoms with Gasteiger partial charge in [0.05, 0.1) is 0 Å². The molecule has 0 saturated heterocycles. The second-order valence-corrected chi connectivity index (χ2v) is 7.94. The molecule has 26 heavy (non-hydrogen) atoms. The van der Waals surface area contributed by atoms with Crippen LogP contribution in [0.4, 0.5) is 0 Å². The smallest absolute Gasteiger partial charge is 0.123 e. The van der Waals surface area contributed by atoms with Crippen LogP contribution in [-0.4, -0.2) is 11.3 Å². The van der Waals surface area contributed by atoms with Gasteiger partial charge in [0, 0.05) is 0 Å². The zero-order valence-corrected chi connectivity index (χ0v) is 18.1. The van der Waals surface area contributed by atoms with E-state index in [2.05, 4.69) is 18.3 Å². The van der Waals surface area contributed by atoms with Crippen LogP contribution in [-0.2, 0) is 0 Å². The van der Waals surface area contributed by atoms with Crippen LogP contribution in [0.5, 0.6) is 0 Å². The molecule has 0 aliphatic rings. The van der Waals surface area contributed by atoms with E-state index in [0.29, 0.717) is 0 Å². The maximum atomic E-state index is 9.35. The molecule has 2 nitrogen and oxygen atoms in total. The van der Waals surface area contributed by atoms with E-state index >= 15 is 0 Å². The number of aliphatic hydroxyl groups excluding tert-OH is 1. The van der Waals surface area contributed by atoms with Crippen molar-refractivity contribution in [2.45, 2.75) is 142 Å². The van der Waals surface area contributed by atoms with E-state index < -0.39 is 0 Å². The number of unbranched alkanes of at least 4 members (excludes halogenated alkanes) is 17. The first-order valence-electron chi connectivity index (χ1n) is 11.9. The molecule has 0 spiro atoms. The fourth-order valence-electron chi connectivity index (χ4n) is 3.37. The lowest BCUT2D eigenvalue weighted by Crippen LogP contribution is -2.21. The zero-order valence-electron chi connectivity index (χ0n) is 18.1. The molecule has 1 atom stereocenters. The summed E-state index contributed by atoms with van der Waals surface area (Å²) < 4.78 is 0. The number of nitrogens with one attached hydrogen (secondary N) is 1. The molecule has 0 saturated carbocycles. The van der Waals surface area contributed by atoms with Gasteiger partial charge in [0.2, 0.25) is 0 Å². The zero-order chi connectivity index (χ0) is 19.1. The standard InChI is InChI=1S/C24H49NO/c1-3-5-6-7-8-9-10-11-12-13-14-15-16-17-18-19-20-21-22-23-25-24(26)4-2/h22-26H,3-21H2,1-2H3. The molecule has 0 fully saturated rings. The van der Waals surface area contributed by atoms with Gasteiger partial charge in [0.1, 0.15) is 6.23 Å². The van der Waals surface area contributed by atoms with Gasteiger partial charge in [-0.25, -0.2) is 0 Å². The lowest BCUT2D eigenvalue weighted by molar-refractivity contribution is 0.149. The first-order valence-corrected chi connectivity index (χ1v) is 11.9. The number of hydrogen-bond acceptors (Lipinski definition) is 2. The van der Waals surface area contributed by atoms with Gasteiger partial charge in [0.15, 0.2) is 0 Å². The van der Waals surface area contributed by atoms with Crippen LogP contribution in [0.2, 0.25) is 0 Å². The van der Waals surface area contributed by atoms with Crippen LogP contribution in [0.3, 0.4) is 0 Å². The molecule has 0 heterocycles. The molecule has 0 rings (SSSR count). The Morgan fingerprint density at radius 1 is 0.615 bits per heavy atom. The Morgan fingerprint density at radius 3 is 1.38 bits per heavy atom. The van der Waals surface area contributed by atoms with Crippen molar-refractivity contribution in [2.24, 2.45) is 0 Å². The van der Waals surface area contributed by atoms with E-state index in [1.54, 1.807) is 0 Å². The number of allylic oxidation sites excluding steroid dienone is 1. The second-order valence-electron chi connectivity index (χ2n) is 7.94. The summed E-state index contributed by atoms with van der Waals surface area (Å²) in [6.45, 7) is 4.27. The van der Waals surface area contributed by atoms with E-state index in [1.807, 2.05) is 13.1 Å². The average molecular weight is 368 g/mol. The Hall–Kier alpha value is -0.500. The third kappa shape index (κ3) is 21.5. The molecule has 0 aliphatic heterocycles. The summed E-state index contributed by atoms with van der Waals surface area (Å²) in [5.74, 6) is 0. The maximum Gasteiger partial charge on any atom is 0.123 e. The molecule has 0 aromatic heterocycles. The minimum absolute atomic E-state index is 0.387. The Labute approximate surface area is 165 Å². The SMILES string of the molecule is CCCCCCCCCCCCCCCCCCCC=CNC(O)CC. The Balaban J connectivity index is 3.05. The van der Waals surface area contributed by atoms with Crippen LogP contribution < -0.4 is 5.32 Å². The molecule has 156 valence electrons. The van der Waals surface area contributed by atoms with E-state index in [9.17, 15) is 5.11 Å². The summed E-state index contributed by atoms with van der Waals surface area (Å²) >= 11 is 0. The number of aliphatic hydroxyl groups is 1. The normalized spacial score (nSPS) is 12.7. The van der Waals surface area contributed by atoms with E-state index in [0.717, 1.165) is 12.8 Å². The predicted octanol–water partition coefficient (Wildman–Crippen LogP) is 7.86. The quantitative estimate of drug-likeness (QED) is 0.160. The van der Waals surface area contributed by atoms with Crippen LogP contribution in [0.15, 0.2) is 12.3 Å². The molecule has 0 aromatic rings. The summed E-state index contributed by atoms with van der Waals surface area (Å²) in [5, 5.41) is 12.3. The molecule has 2 heteroatoms. The van der Waals surface area contributed by atoms with Gasteiger partial charge in [0.25, 0.3) is 0 Å². The molecule has 0 aromatic carbocycles. The van der Waals surface area contributed by atoms with Gasteiger partial charge in [-0.15, -0.1) is 0 Å². The molecular formula is C24H49NO.